The molecule has 1 unspecified atom stereocenters. The van der Waals surface area contributed by atoms with E-state index in [-0.39, 0.29) is 36.5 Å². The Labute approximate surface area is 107 Å². The van der Waals surface area contributed by atoms with Crippen molar-refractivity contribution in [1.82, 2.24) is 4.90 Å². The monoisotopic (exact) mass is 255 g/mol. The van der Waals surface area contributed by atoms with Crippen LogP contribution in [0.3, 0.4) is 0 Å². The molecule has 0 aromatic rings. The number of ether oxygens (including phenoxy) is 1. The molecule has 1 atom stereocenters. The Balaban J connectivity index is 2.40. The van der Waals surface area contributed by atoms with Crippen LogP contribution in [-0.2, 0) is 19.1 Å². The second-order valence-corrected chi connectivity index (χ2v) is 4.54. The van der Waals surface area contributed by atoms with E-state index in [1.54, 1.807) is 14.0 Å². The number of rotatable bonds is 5. The molecule has 0 heterocycles. The van der Waals surface area contributed by atoms with Crippen molar-refractivity contribution in [3.05, 3.63) is 0 Å². The fraction of sp³-hybridized carbons (Fsp3) is 0.769. The fourth-order valence-corrected chi connectivity index (χ4v) is 2.17. The maximum atomic E-state index is 11.9. The number of carbonyl (C=O) groups is 3. The molecule has 1 aliphatic carbocycles. The summed E-state index contributed by atoms with van der Waals surface area (Å²) in [6, 6.07) is -0.298. The van der Waals surface area contributed by atoms with Crippen LogP contribution in [-0.4, -0.2) is 42.3 Å². The molecular formula is C13H21NO4. The van der Waals surface area contributed by atoms with E-state index in [2.05, 4.69) is 0 Å². The van der Waals surface area contributed by atoms with Crippen LogP contribution in [0.4, 0.5) is 0 Å². The minimum absolute atomic E-state index is 0.0813. The van der Waals surface area contributed by atoms with Crippen LogP contribution in [0.1, 0.15) is 45.4 Å². The maximum absolute atomic E-state index is 11.9. The van der Waals surface area contributed by atoms with Gasteiger partial charge in [0.25, 0.3) is 0 Å². The van der Waals surface area contributed by atoms with E-state index >= 15 is 0 Å². The maximum Gasteiger partial charge on any atom is 0.306 e. The van der Waals surface area contributed by atoms with Gasteiger partial charge in [-0.2, -0.15) is 0 Å². The van der Waals surface area contributed by atoms with Gasteiger partial charge in [0.15, 0.2) is 5.78 Å². The third-order valence-corrected chi connectivity index (χ3v) is 3.23. The summed E-state index contributed by atoms with van der Waals surface area (Å²) >= 11 is 0. The summed E-state index contributed by atoms with van der Waals surface area (Å²) in [5.41, 5.74) is 0. The topological polar surface area (TPSA) is 63.7 Å². The Morgan fingerprint density at radius 1 is 1.33 bits per heavy atom. The van der Waals surface area contributed by atoms with Gasteiger partial charge in [-0.3, -0.25) is 14.4 Å². The van der Waals surface area contributed by atoms with Crippen molar-refractivity contribution in [2.75, 3.05) is 13.7 Å². The fourth-order valence-electron chi connectivity index (χ4n) is 2.17. The van der Waals surface area contributed by atoms with Crippen molar-refractivity contribution in [3.63, 3.8) is 0 Å². The normalized spacial score (nSPS) is 19.4. The molecular weight excluding hydrogens is 234 g/mol. The van der Waals surface area contributed by atoms with E-state index in [1.807, 2.05) is 0 Å². The first-order valence-corrected chi connectivity index (χ1v) is 6.50. The smallest absolute Gasteiger partial charge is 0.306 e. The highest BCUT2D eigenvalue weighted by atomic mass is 16.5. The zero-order valence-electron chi connectivity index (χ0n) is 11.1. The third kappa shape index (κ3) is 4.13. The average Bonchev–Trinajstić information content (AvgIpc) is 2.36. The van der Waals surface area contributed by atoms with Gasteiger partial charge >= 0.3 is 5.97 Å². The van der Waals surface area contributed by atoms with Crippen molar-refractivity contribution < 1.29 is 19.1 Å². The van der Waals surface area contributed by atoms with E-state index in [0.29, 0.717) is 13.0 Å². The first-order valence-electron chi connectivity index (χ1n) is 6.50. The van der Waals surface area contributed by atoms with Crippen LogP contribution in [0.15, 0.2) is 0 Å². The molecule has 0 saturated heterocycles. The number of carbonyl (C=O) groups excluding carboxylic acids is 3. The molecule has 0 bridgehead atoms. The first-order chi connectivity index (χ1) is 8.56. The van der Waals surface area contributed by atoms with Gasteiger partial charge in [-0.1, -0.05) is 6.42 Å². The summed E-state index contributed by atoms with van der Waals surface area (Å²) in [7, 11) is 1.64. The summed E-state index contributed by atoms with van der Waals surface area (Å²) < 4.78 is 4.76. The van der Waals surface area contributed by atoms with Gasteiger partial charge in [0.1, 0.15) is 0 Å². The Bertz CT molecular complexity index is 327. The van der Waals surface area contributed by atoms with Gasteiger partial charge in [0.2, 0.25) is 5.91 Å². The summed E-state index contributed by atoms with van der Waals surface area (Å²) in [4.78, 5) is 36.2. The van der Waals surface area contributed by atoms with Crippen LogP contribution in [0.2, 0.25) is 0 Å². The summed E-state index contributed by atoms with van der Waals surface area (Å²) in [5.74, 6) is -0.397. The summed E-state index contributed by atoms with van der Waals surface area (Å²) in [6.07, 6.45) is 3.38. The highest BCUT2D eigenvalue weighted by Gasteiger charge is 2.28. The summed E-state index contributed by atoms with van der Waals surface area (Å²) in [6.45, 7) is 2.05. The lowest BCUT2D eigenvalue weighted by molar-refractivity contribution is -0.146. The molecule has 5 nitrogen and oxygen atoms in total. The molecule has 0 aromatic heterocycles. The van der Waals surface area contributed by atoms with E-state index < -0.39 is 0 Å². The molecule has 1 aliphatic rings. The number of Topliss-reactive ketones (excluding diaryl/α,β-unsaturated/α-hetero) is 1. The highest BCUT2D eigenvalue weighted by Crippen LogP contribution is 2.19. The number of esters is 1. The van der Waals surface area contributed by atoms with Crippen LogP contribution in [0.25, 0.3) is 0 Å². The van der Waals surface area contributed by atoms with Crippen molar-refractivity contribution >= 4 is 17.7 Å². The number of ketones is 1. The highest BCUT2D eigenvalue weighted by molar-refractivity contribution is 5.90. The number of amides is 1. The molecule has 18 heavy (non-hydrogen) atoms. The standard InChI is InChI=1S/C13H21NO4/c1-3-18-13(17)9-8-12(16)14(2)10-6-4-5-7-11(10)15/h10H,3-9H2,1-2H3. The van der Waals surface area contributed by atoms with Crippen molar-refractivity contribution in [2.24, 2.45) is 0 Å². The van der Waals surface area contributed by atoms with Crippen LogP contribution in [0.5, 0.6) is 0 Å². The molecule has 0 aliphatic heterocycles. The van der Waals surface area contributed by atoms with Gasteiger partial charge in [-0.25, -0.2) is 0 Å². The van der Waals surface area contributed by atoms with Crippen LogP contribution in [0, 0.1) is 0 Å². The van der Waals surface area contributed by atoms with Gasteiger partial charge in [-0.15, -0.1) is 0 Å². The quantitative estimate of drug-likeness (QED) is 0.695. The molecule has 102 valence electrons. The molecule has 0 aromatic carbocycles. The summed E-state index contributed by atoms with van der Waals surface area (Å²) in [5, 5.41) is 0. The van der Waals surface area contributed by atoms with E-state index in [4.69, 9.17) is 4.74 Å². The van der Waals surface area contributed by atoms with E-state index in [1.165, 1.54) is 4.90 Å². The van der Waals surface area contributed by atoms with E-state index in [0.717, 1.165) is 19.3 Å². The predicted octanol–water partition coefficient (Wildman–Crippen LogP) is 1.30. The Morgan fingerprint density at radius 3 is 2.67 bits per heavy atom. The molecule has 1 fully saturated rings. The molecule has 0 N–H and O–H groups in total. The zero-order valence-corrected chi connectivity index (χ0v) is 11.1. The number of nitrogens with zero attached hydrogens (tertiary/aromatic N) is 1. The second-order valence-electron chi connectivity index (χ2n) is 4.54. The molecule has 1 saturated carbocycles. The largest absolute Gasteiger partial charge is 0.466 e. The van der Waals surface area contributed by atoms with Crippen LogP contribution >= 0.6 is 0 Å². The van der Waals surface area contributed by atoms with Gasteiger partial charge < -0.3 is 9.64 Å². The van der Waals surface area contributed by atoms with Crippen molar-refractivity contribution in [2.45, 2.75) is 51.5 Å². The number of likely N-dealkylation sites (N-methyl/N-ethyl adjacent to an activating group) is 1. The molecule has 1 amide bonds. The lowest BCUT2D eigenvalue weighted by atomic mass is 9.93. The van der Waals surface area contributed by atoms with Crippen molar-refractivity contribution in [1.29, 1.82) is 0 Å². The Hall–Kier alpha value is -1.39. The second kappa shape index (κ2) is 7.13. The van der Waals surface area contributed by atoms with Gasteiger partial charge in [0, 0.05) is 19.9 Å². The first kappa shape index (κ1) is 14.7. The lowest BCUT2D eigenvalue weighted by Gasteiger charge is -2.29. The molecule has 5 heteroatoms. The van der Waals surface area contributed by atoms with Crippen LogP contribution < -0.4 is 0 Å². The van der Waals surface area contributed by atoms with Gasteiger partial charge in [-0.05, 0) is 19.8 Å². The molecule has 1 rings (SSSR count). The lowest BCUT2D eigenvalue weighted by Crippen LogP contribution is -2.44. The number of hydrogen-bond donors (Lipinski definition) is 0. The Kier molecular flexibility index (Phi) is 5.82. The number of hydrogen-bond acceptors (Lipinski definition) is 4. The minimum Gasteiger partial charge on any atom is -0.466 e. The predicted molar refractivity (Wildman–Crippen MR) is 65.9 cm³/mol. The zero-order chi connectivity index (χ0) is 13.5. The molecule has 0 radical (unpaired) electrons. The van der Waals surface area contributed by atoms with Crippen molar-refractivity contribution in [3.8, 4) is 0 Å². The Morgan fingerprint density at radius 2 is 2.06 bits per heavy atom. The minimum atomic E-state index is -0.366. The SMILES string of the molecule is CCOC(=O)CCC(=O)N(C)C1CCCCC1=O. The van der Waals surface area contributed by atoms with E-state index in [9.17, 15) is 14.4 Å². The third-order valence-electron chi connectivity index (χ3n) is 3.23. The van der Waals surface area contributed by atoms with Gasteiger partial charge in [0.05, 0.1) is 19.1 Å². The average molecular weight is 255 g/mol. The molecule has 0 spiro atoms.